The number of rotatable bonds is 5. The fraction of sp³-hybridized carbons (Fsp3) is 0.280. The molecule has 0 bridgehead atoms. The van der Waals surface area contributed by atoms with Crippen LogP contribution in [0.25, 0.3) is 0 Å². The van der Waals surface area contributed by atoms with Gasteiger partial charge in [0.1, 0.15) is 18.2 Å². The van der Waals surface area contributed by atoms with Crippen LogP contribution >= 0.6 is 15.9 Å². The third-order valence-electron chi connectivity index (χ3n) is 6.08. The number of allylic oxidation sites excluding steroid dienone is 3. The first-order valence-electron chi connectivity index (χ1n) is 10.5. The minimum atomic E-state index is -0.597. The summed E-state index contributed by atoms with van der Waals surface area (Å²) in [6.45, 7) is 0.0132. The van der Waals surface area contributed by atoms with Gasteiger partial charge in [-0.15, -0.1) is 0 Å². The van der Waals surface area contributed by atoms with Gasteiger partial charge in [0.25, 0.3) is 0 Å². The Morgan fingerprint density at radius 3 is 2.76 bits per heavy atom. The van der Waals surface area contributed by atoms with Gasteiger partial charge in [0, 0.05) is 30.3 Å². The molecule has 0 saturated carbocycles. The van der Waals surface area contributed by atoms with Crippen molar-refractivity contribution in [1.29, 1.82) is 5.26 Å². The Bertz CT molecular complexity index is 1230. The number of Topliss-reactive ketones (excluding diaryl/α,β-unsaturated/α-hetero) is 1. The smallest absolute Gasteiger partial charge is 0.175 e. The standard InChI is InChI=1S/C25H23BrFN3O3/c1-30-19-8-5-9-20(31)23(19)22(16(12-28)25(30)29)15-10-17(26)24(21(11-15)32-2)33-13-14-6-3-4-7-18(14)27/h3-4,6-7,10-11,22H,5,8-9,13,29H2,1-2H3/t22-/m0/s1. The molecule has 1 heterocycles. The topological polar surface area (TPSA) is 88.6 Å². The molecule has 170 valence electrons. The molecule has 0 fully saturated rings. The first-order valence-corrected chi connectivity index (χ1v) is 11.3. The third-order valence-corrected chi connectivity index (χ3v) is 6.67. The Kier molecular flexibility index (Phi) is 6.43. The fourth-order valence-corrected chi connectivity index (χ4v) is 4.98. The third kappa shape index (κ3) is 4.09. The summed E-state index contributed by atoms with van der Waals surface area (Å²) in [6, 6.07) is 12.1. The van der Waals surface area contributed by atoms with Crippen LogP contribution < -0.4 is 15.2 Å². The van der Waals surface area contributed by atoms with Gasteiger partial charge in [0.05, 0.1) is 29.1 Å². The van der Waals surface area contributed by atoms with Crippen molar-refractivity contribution in [3.8, 4) is 17.6 Å². The number of nitrogens with two attached hydrogens (primary N) is 1. The molecule has 0 aromatic heterocycles. The zero-order valence-corrected chi connectivity index (χ0v) is 19.9. The van der Waals surface area contributed by atoms with E-state index in [9.17, 15) is 14.4 Å². The molecule has 2 aromatic carbocycles. The van der Waals surface area contributed by atoms with E-state index in [1.165, 1.54) is 13.2 Å². The second kappa shape index (κ2) is 9.28. The van der Waals surface area contributed by atoms with E-state index in [4.69, 9.17) is 15.2 Å². The van der Waals surface area contributed by atoms with Gasteiger partial charge in [-0.3, -0.25) is 4.79 Å². The van der Waals surface area contributed by atoms with Crippen molar-refractivity contribution in [2.45, 2.75) is 31.8 Å². The largest absolute Gasteiger partial charge is 0.493 e. The molecule has 2 aromatic rings. The number of hydrogen-bond acceptors (Lipinski definition) is 6. The number of hydrogen-bond donors (Lipinski definition) is 1. The number of carbonyl (C=O) groups is 1. The summed E-state index contributed by atoms with van der Waals surface area (Å²) in [4.78, 5) is 14.7. The Hall–Kier alpha value is -3.31. The van der Waals surface area contributed by atoms with Crippen molar-refractivity contribution in [1.82, 2.24) is 4.90 Å². The van der Waals surface area contributed by atoms with E-state index in [2.05, 4.69) is 22.0 Å². The van der Waals surface area contributed by atoms with Crippen molar-refractivity contribution in [3.05, 3.63) is 80.5 Å². The summed E-state index contributed by atoms with van der Waals surface area (Å²) in [5.74, 6) is 0.201. The molecule has 4 rings (SSSR count). The second-order valence-electron chi connectivity index (χ2n) is 7.95. The number of ether oxygens (including phenoxy) is 2. The van der Waals surface area contributed by atoms with Crippen LogP contribution in [0.4, 0.5) is 4.39 Å². The fourth-order valence-electron chi connectivity index (χ4n) is 4.41. The molecule has 2 N–H and O–H groups in total. The zero-order valence-electron chi connectivity index (χ0n) is 18.3. The number of methoxy groups -OCH3 is 1. The minimum Gasteiger partial charge on any atom is -0.493 e. The predicted molar refractivity (Wildman–Crippen MR) is 125 cm³/mol. The first-order chi connectivity index (χ1) is 15.9. The van der Waals surface area contributed by atoms with Crippen LogP contribution in [0.15, 0.2) is 63.5 Å². The zero-order chi connectivity index (χ0) is 23.7. The van der Waals surface area contributed by atoms with Crippen LogP contribution in [0.2, 0.25) is 0 Å². The average molecular weight is 512 g/mol. The number of benzene rings is 2. The van der Waals surface area contributed by atoms with Crippen LogP contribution in [0.5, 0.6) is 11.5 Å². The van der Waals surface area contributed by atoms with Crippen LogP contribution in [-0.2, 0) is 11.4 Å². The summed E-state index contributed by atoms with van der Waals surface area (Å²) in [5.41, 5.74) is 9.18. The van der Waals surface area contributed by atoms with Crippen molar-refractivity contribution < 1.29 is 18.7 Å². The number of nitriles is 1. The van der Waals surface area contributed by atoms with Crippen LogP contribution in [0.1, 0.15) is 36.3 Å². The van der Waals surface area contributed by atoms with E-state index in [1.54, 1.807) is 42.3 Å². The molecule has 1 atom stereocenters. The quantitative estimate of drug-likeness (QED) is 0.613. The number of halogens is 2. The Balaban J connectivity index is 1.77. The van der Waals surface area contributed by atoms with Crippen molar-refractivity contribution in [2.75, 3.05) is 14.2 Å². The molecule has 0 spiro atoms. The molecular weight excluding hydrogens is 489 g/mol. The minimum absolute atomic E-state index is 0.0132. The highest BCUT2D eigenvalue weighted by molar-refractivity contribution is 9.10. The normalized spacial score (nSPS) is 18.2. The summed E-state index contributed by atoms with van der Waals surface area (Å²) in [5, 5.41) is 9.92. The second-order valence-corrected chi connectivity index (χ2v) is 8.81. The molecule has 1 aliphatic heterocycles. The molecule has 0 unspecified atom stereocenters. The summed E-state index contributed by atoms with van der Waals surface area (Å²) in [7, 11) is 3.29. The molecular formula is C25H23BrFN3O3. The molecule has 0 saturated heterocycles. The van der Waals surface area contributed by atoms with Gasteiger partial charge in [-0.05, 0) is 52.5 Å². The highest BCUT2D eigenvalue weighted by atomic mass is 79.9. The van der Waals surface area contributed by atoms with E-state index in [-0.39, 0.29) is 18.2 Å². The van der Waals surface area contributed by atoms with Gasteiger partial charge >= 0.3 is 0 Å². The Morgan fingerprint density at radius 2 is 2.06 bits per heavy atom. The van der Waals surface area contributed by atoms with Crippen LogP contribution in [0.3, 0.4) is 0 Å². The Labute approximate surface area is 200 Å². The number of carbonyl (C=O) groups excluding carboxylic acids is 1. The SMILES string of the molecule is COc1cc([C@H]2C(C#N)=C(N)N(C)C3=C2C(=O)CCC3)cc(Br)c1OCc1ccccc1F. The van der Waals surface area contributed by atoms with Gasteiger partial charge in [0.15, 0.2) is 17.3 Å². The van der Waals surface area contributed by atoms with E-state index in [1.807, 2.05) is 0 Å². The van der Waals surface area contributed by atoms with Crippen molar-refractivity contribution in [2.24, 2.45) is 5.73 Å². The molecule has 2 aliphatic rings. The molecule has 1 aliphatic carbocycles. The van der Waals surface area contributed by atoms with E-state index >= 15 is 0 Å². The van der Waals surface area contributed by atoms with Gasteiger partial charge in [-0.2, -0.15) is 5.26 Å². The maximum absolute atomic E-state index is 14.0. The maximum atomic E-state index is 14.0. The Morgan fingerprint density at radius 1 is 1.30 bits per heavy atom. The van der Waals surface area contributed by atoms with Crippen LogP contribution in [-0.4, -0.2) is 24.8 Å². The predicted octanol–water partition coefficient (Wildman–Crippen LogP) is 4.91. The summed E-state index contributed by atoms with van der Waals surface area (Å²) in [6.07, 6.45) is 1.90. The summed E-state index contributed by atoms with van der Waals surface area (Å²) < 4.78 is 26.0. The lowest BCUT2D eigenvalue weighted by atomic mass is 9.76. The lowest BCUT2D eigenvalue weighted by Gasteiger charge is -2.37. The van der Waals surface area contributed by atoms with Crippen LogP contribution in [0, 0.1) is 17.1 Å². The van der Waals surface area contributed by atoms with E-state index < -0.39 is 5.92 Å². The number of ketones is 1. The molecule has 33 heavy (non-hydrogen) atoms. The van der Waals surface area contributed by atoms with Gasteiger partial charge in [0.2, 0.25) is 0 Å². The van der Waals surface area contributed by atoms with Gasteiger partial charge < -0.3 is 20.1 Å². The van der Waals surface area contributed by atoms with Crippen molar-refractivity contribution >= 4 is 21.7 Å². The highest BCUT2D eigenvalue weighted by Gasteiger charge is 2.39. The molecule has 0 amide bonds. The molecule has 0 radical (unpaired) electrons. The maximum Gasteiger partial charge on any atom is 0.175 e. The van der Waals surface area contributed by atoms with Gasteiger partial charge in [-0.1, -0.05) is 18.2 Å². The lowest BCUT2D eigenvalue weighted by Crippen LogP contribution is -2.36. The lowest BCUT2D eigenvalue weighted by molar-refractivity contribution is -0.116. The highest BCUT2D eigenvalue weighted by Crippen LogP contribution is 2.47. The van der Waals surface area contributed by atoms with Gasteiger partial charge in [-0.25, -0.2) is 4.39 Å². The summed E-state index contributed by atoms with van der Waals surface area (Å²) >= 11 is 3.53. The molecule has 8 heteroatoms. The number of nitrogens with zero attached hydrogens (tertiary/aromatic N) is 2. The average Bonchev–Trinajstić information content (AvgIpc) is 2.81. The van der Waals surface area contributed by atoms with E-state index in [0.29, 0.717) is 50.5 Å². The van der Waals surface area contributed by atoms with E-state index in [0.717, 1.165) is 18.5 Å². The van der Waals surface area contributed by atoms with Crippen molar-refractivity contribution in [3.63, 3.8) is 0 Å². The molecule has 6 nitrogen and oxygen atoms in total. The monoisotopic (exact) mass is 511 g/mol. The first kappa shape index (κ1) is 22.9.